The summed E-state index contributed by atoms with van der Waals surface area (Å²) < 4.78 is 11.1. The van der Waals surface area contributed by atoms with E-state index in [1.807, 2.05) is 24.7 Å². The number of para-hydroxylation sites is 1. The molecule has 9 rings (SSSR count). The van der Waals surface area contributed by atoms with Crippen molar-refractivity contribution in [2.24, 2.45) is 0 Å². The highest BCUT2D eigenvalue weighted by Crippen LogP contribution is 2.38. The second-order valence-corrected chi connectivity index (χ2v) is 16.5. The Morgan fingerprint density at radius 3 is 2.02 bits per heavy atom. The summed E-state index contributed by atoms with van der Waals surface area (Å²) >= 11 is 0. The fourth-order valence-corrected chi connectivity index (χ4v) is 7.59. The average molecular weight is 717 g/mol. The molecule has 0 aliphatic heterocycles. The second kappa shape index (κ2) is 13.1. The van der Waals surface area contributed by atoms with Crippen LogP contribution < -0.4 is 4.74 Å². The van der Waals surface area contributed by atoms with Gasteiger partial charge in [-0.2, -0.15) is 0 Å². The Morgan fingerprint density at radius 1 is 0.491 bits per heavy atom. The summed E-state index contributed by atoms with van der Waals surface area (Å²) in [5.41, 5.74) is 12.4. The first-order valence-corrected chi connectivity index (χ1v) is 19.0. The van der Waals surface area contributed by atoms with Crippen molar-refractivity contribution in [3.63, 3.8) is 0 Å². The molecule has 0 saturated heterocycles. The number of aromatic nitrogens is 4. The maximum atomic E-state index is 6.66. The minimum Gasteiger partial charge on any atom is -0.457 e. The number of ether oxygens (including phenoxy) is 1. The molecule has 0 saturated carbocycles. The lowest BCUT2D eigenvalue weighted by Crippen LogP contribution is -2.12. The van der Waals surface area contributed by atoms with E-state index in [0.29, 0.717) is 0 Å². The fraction of sp³-hybridized carbons (Fsp3) is 0.160. The number of rotatable bonds is 6. The molecule has 0 fully saturated rings. The van der Waals surface area contributed by atoms with Crippen LogP contribution in [0.15, 0.2) is 158 Å². The van der Waals surface area contributed by atoms with Crippen LogP contribution in [-0.4, -0.2) is 19.1 Å². The summed E-state index contributed by atoms with van der Waals surface area (Å²) in [6, 6.07) is 51.4. The Bertz CT molecular complexity index is 2850. The van der Waals surface area contributed by atoms with Gasteiger partial charge in [0.25, 0.3) is 0 Å². The van der Waals surface area contributed by atoms with E-state index in [1.54, 1.807) is 0 Å². The number of hydrogen-bond acceptors (Lipinski definition) is 3. The molecule has 0 aliphatic carbocycles. The normalized spacial score (nSPS) is 12.2. The van der Waals surface area contributed by atoms with Gasteiger partial charge in [-0.25, -0.2) is 9.97 Å². The average Bonchev–Trinajstić information content (AvgIpc) is 3.77. The van der Waals surface area contributed by atoms with Crippen molar-refractivity contribution in [2.75, 3.05) is 0 Å². The molecule has 0 spiro atoms. The van der Waals surface area contributed by atoms with Gasteiger partial charge in [0.2, 0.25) is 0 Å². The van der Waals surface area contributed by atoms with E-state index in [1.165, 1.54) is 27.6 Å². The van der Waals surface area contributed by atoms with Crippen molar-refractivity contribution in [3.8, 4) is 45.3 Å². The van der Waals surface area contributed by atoms with Gasteiger partial charge in [-0.3, -0.25) is 9.13 Å². The molecule has 9 aromatic rings. The molecule has 0 atom stereocenters. The van der Waals surface area contributed by atoms with Gasteiger partial charge in [0.05, 0.1) is 27.8 Å². The van der Waals surface area contributed by atoms with Crippen LogP contribution in [0.1, 0.15) is 52.7 Å². The summed E-state index contributed by atoms with van der Waals surface area (Å²) in [5.74, 6) is 2.38. The van der Waals surface area contributed by atoms with Crippen LogP contribution in [0.2, 0.25) is 0 Å². The number of nitrogens with zero attached hydrogens (tertiary/aromatic N) is 4. The van der Waals surface area contributed by atoms with E-state index in [2.05, 4.69) is 184 Å². The van der Waals surface area contributed by atoms with Gasteiger partial charge in [-0.1, -0.05) is 120 Å². The van der Waals surface area contributed by atoms with Crippen molar-refractivity contribution in [2.45, 2.75) is 52.4 Å². The first-order valence-electron chi connectivity index (χ1n) is 19.0. The van der Waals surface area contributed by atoms with E-state index in [9.17, 15) is 0 Å². The zero-order chi connectivity index (χ0) is 37.9. The molecule has 55 heavy (non-hydrogen) atoms. The van der Waals surface area contributed by atoms with E-state index < -0.39 is 0 Å². The lowest BCUT2D eigenvalue weighted by Gasteiger charge is -2.20. The molecule has 0 aliphatic rings. The van der Waals surface area contributed by atoms with Crippen LogP contribution in [0.5, 0.6) is 11.5 Å². The summed E-state index contributed by atoms with van der Waals surface area (Å²) in [6.45, 7) is 13.4. The highest BCUT2D eigenvalue weighted by molar-refractivity contribution is 6.10. The van der Waals surface area contributed by atoms with Crippen molar-refractivity contribution >= 4 is 32.8 Å². The number of benzene rings is 6. The maximum absolute atomic E-state index is 6.66. The quantitative estimate of drug-likeness (QED) is 0.172. The van der Waals surface area contributed by atoms with Gasteiger partial charge >= 0.3 is 0 Å². The van der Waals surface area contributed by atoms with Gasteiger partial charge in [-0.05, 0) is 93.2 Å². The lowest BCUT2D eigenvalue weighted by atomic mass is 9.86. The topological polar surface area (TPSA) is 44.9 Å². The molecular weight excluding hydrogens is 673 g/mol. The zero-order valence-electron chi connectivity index (χ0n) is 32.2. The van der Waals surface area contributed by atoms with Crippen molar-refractivity contribution in [1.29, 1.82) is 0 Å². The predicted molar refractivity (Wildman–Crippen MR) is 228 cm³/mol. The molecule has 6 aromatic carbocycles. The Hall–Kier alpha value is -6.46. The third-order valence-corrected chi connectivity index (χ3v) is 10.7. The molecule has 0 N–H and O–H groups in total. The van der Waals surface area contributed by atoms with Crippen molar-refractivity contribution in [1.82, 2.24) is 19.1 Å². The van der Waals surface area contributed by atoms with Crippen LogP contribution in [0.25, 0.3) is 66.6 Å². The van der Waals surface area contributed by atoms with E-state index >= 15 is 0 Å². The Labute approximate surface area is 322 Å². The van der Waals surface area contributed by atoms with Gasteiger partial charge in [0, 0.05) is 34.7 Å². The molecule has 0 unspecified atom stereocenters. The zero-order valence-corrected chi connectivity index (χ0v) is 32.2. The van der Waals surface area contributed by atoms with Crippen molar-refractivity contribution < 1.29 is 4.74 Å². The molecule has 5 nitrogen and oxygen atoms in total. The number of fused-ring (bicyclic) bond motifs is 4. The Kier molecular flexibility index (Phi) is 8.20. The molecular formula is C50H44N4O. The van der Waals surface area contributed by atoms with E-state index in [-0.39, 0.29) is 10.8 Å². The molecule has 0 radical (unpaired) electrons. The highest BCUT2D eigenvalue weighted by Gasteiger charge is 2.20. The molecule has 3 aromatic heterocycles. The number of pyridine rings is 1. The smallest absolute Gasteiger partial charge is 0.137 e. The van der Waals surface area contributed by atoms with Crippen LogP contribution in [0, 0.1) is 0 Å². The van der Waals surface area contributed by atoms with Gasteiger partial charge in [-0.15, -0.1) is 0 Å². The largest absolute Gasteiger partial charge is 0.457 e. The SMILES string of the molecule is CC(C)(C)c1ccc(-c2cccc3c2ncn3-c2cccc(Oc3ccc4c5cc(-c6ccccc6)ccc5n(-c5cc(C(C)(C)C)ccn5)c4c3)c2)cc1. The monoisotopic (exact) mass is 716 g/mol. The molecule has 270 valence electrons. The lowest BCUT2D eigenvalue weighted by molar-refractivity contribution is 0.483. The molecule has 0 bridgehead atoms. The highest BCUT2D eigenvalue weighted by atomic mass is 16.5. The van der Waals surface area contributed by atoms with Crippen molar-refractivity contribution in [3.05, 3.63) is 169 Å². The van der Waals surface area contributed by atoms with E-state index in [0.717, 1.165) is 61.6 Å². The van der Waals surface area contributed by atoms with Gasteiger partial charge < -0.3 is 4.74 Å². The number of imidazole rings is 1. The van der Waals surface area contributed by atoms with Crippen LogP contribution >= 0.6 is 0 Å². The minimum atomic E-state index is -0.0178. The third kappa shape index (κ3) is 6.36. The van der Waals surface area contributed by atoms with Crippen LogP contribution in [0.3, 0.4) is 0 Å². The maximum Gasteiger partial charge on any atom is 0.137 e. The minimum absolute atomic E-state index is 0.0178. The summed E-state index contributed by atoms with van der Waals surface area (Å²) in [4.78, 5) is 9.82. The molecule has 0 amide bonds. The Balaban J connectivity index is 1.10. The van der Waals surface area contributed by atoms with Gasteiger partial charge in [0.1, 0.15) is 23.6 Å². The molecule has 5 heteroatoms. The number of hydrogen-bond donors (Lipinski definition) is 0. The van der Waals surface area contributed by atoms with Gasteiger partial charge in [0.15, 0.2) is 0 Å². The summed E-state index contributed by atoms with van der Waals surface area (Å²) in [6.07, 6.45) is 3.83. The first-order chi connectivity index (χ1) is 26.5. The first kappa shape index (κ1) is 34.3. The second-order valence-electron chi connectivity index (χ2n) is 16.5. The summed E-state index contributed by atoms with van der Waals surface area (Å²) in [5, 5.41) is 2.31. The summed E-state index contributed by atoms with van der Waals surface area (Å²) in [7, 11) is 0. The Morgan fingerprint density at radius 2 is 1.24 bits per heavy atom. The van der Waals surface area contributed by atoms with E-state index in [4.69, 9.17) is 14.7 Å². The standard InChI is InChI=1S/C50H44N4O/c1-49(2,3)36-21-18-34(19-22-36)41-16-11-17-45-48(41)52-32-53(45)38-14-10-15-39(30-38)55-40-23-24-42-43-28-35(33-12-8-7-9-13-33)20-25-44(43)54(46(42)31-40)47-29-37(26-27-51-47)50(4,5)6/h7-32H,1-6H3. The third-order valence-electron chi connectivity index (χ3n) is 10.7. The van der Waals surface area contributed by atoms with Crippen LogP contribution in [-0.2, 0) is 10.8 Å². The fourth-order valence-electron chi connectivity index (χ4n) is 7.59. The van der Waals surface area contributed by atoms with Crippen LogP contribution in [0.4, 0.5) is 0 Å². The molecule has 3 heterocycles. The predicted octanol–water partition coefficient (Wildman–Crippen LogP) is 13.2.